The molecule has 0 heterocycles. The Morgan fingerprint density at radius 1 is 0.933 bits per heavy atom. The van der Waals surface area contributed by atoms with E-state index in [1.165, 1.54) is 0 Å². The number of benzene rings is 1. The Morgan fingerprint density at radius 3 is 1.80 bits per heavy atom. The molecule has 0 amide bonds. The van der Waals surface area contributed by atoms with Gasteiger partial charge in [-0.15, -0.1) is 0 Å². The van der Waals surface area contributed by atoms with E-state index in [-0.39, 0.29) is 0 Å². The highest BCUT2D eigenvalue weighted by Gasteiger charge is 2.13. The molecule has 0 aliphatic rings. The Bertz CT molecular complexity index is 297. The summed E-state index contributed by atoms with van der Waals surface area (Å²) in [5, 5.41) is 0. The third-order valence-electron chi connectivity index (χ3n) is 1.95. The van der Waals surface area contributed by atoms with Crippen molar-refractivity contribution in [2.24, 2.45) is 0 Å². The van der Waals surface area contributed by atoms with Gasteiger partial charge in [-0.05, 0) is 6.92 Å². The molecular formula is C11H16O4. The fraction of sp³-hybridized carbons (Fsp3) is 0.455. The van der Waals surface area contributed by atoms with E-state index < -0.39 is 0 Å². The second-order valence-corrected chi connectivity index (χ2v) is 2.79. The number of rotatable bonds is 5. The summed E-state index contributed by atoms with van der Waals surface area (Å²) < 4.78 is 20.9. The molecule has 0 aliphatic heterocycles. The van der Waals surface area contributed by atoms with Gasteiger partial charge in [-0.1, -0.05) is 0 Å². The summed E-state index contributed by atoms with van der Waals surface area (Å²) in [5.41, 5.74) is 0. The first-order chi connectivity index (χ1) is 7.26. The maximum atomic E-state index is 5.37. The van der Waals surface area contributed by atoms with Crippen molar-refractivity contribution in [3.63, 3.8) is 0 Å². The minimum Gasteiger partial charge on any atom is -0.494 e. The molecule has 0 radical (unpaired) electrons. The summed E-state index contributed by atoms with van der Waals surface area (Å²) in [6.07, 6.45) is 0. The number of ether oxygens (including phenoxy) is 4. The molecular weight excluding hydrogens is 196 g/mol. The molecule has 1 aromatic carbocycles. The van der Waals surface area contributed by atoms with Gasteiger partial charge >= 0.3 is 0 Å². The minimum absolute atomic E-state index is 0.573. The Morgan fingerprint density at radius 2 is 1.47 bits per heavy atom. The normalized spacial score (nSPS) is 9.60. The standard InChI is InChI=1S/C11H16O4/c1-5-15-8-6-9(12-2)11(14-4)10(7-8)13-3/h6-7H,5H2,1-4H3. The molecule has 0 unspecified atom stereocenters. The molecule has 15 heavy (non-hydrogen) atoms. The van der Waals surface area contributed by atoms with Gasteiger partial charge in [-0.25, -0.2) is 0 Å². The molecule has 4 heteroatoms. The van der Waals surface area contributed by atoms with Crippen LogP contribution in [0.5, 0.6) is 23.0 Å². The lowest BCUT2D eigenvalue weighted by atomic mass is 10.2. The van der Waals surface area contributed by atoms with Gasteiger partial charge < -0.3 is 18.9 Å². The summed E-state index contributed by atoms with van der Waals surface area (Å²) >= 11 is 0. The van der Waals surface area contributed by atoms with Gasteiger partial charge in [0, 0.05) is 12.1 Å². The first kappa shape index (κ1) is 11.5. The third-order valence-corrected chi connectivity index (χ3v) is 1.95. The van der Waals surface area contributed by atoms with Crippen molar-refractivity contribution in [3.05, 3.63) is 12.1 Å². The third kappa shape index (κ3) is 2.46. The van der Waals surface area contributed by atoms with Crippen LogP contribution in [0.15, 0.2) is 12.1 Å². The average Bonchev–Trinajstić information content (AvgIpc) is 2.28. The van der Waals surface area contributed by atoms with Crippen molar-refractivity contribution in [1.29, 1.82) is 0 Å². The van der Waals surface area contributed by atoms with Gasteiger partial charge in [0.15, 0.2) is 11.5 Å². The monoisotopic (exact) mass is 212 g/mol. The van der Waals surface area contributed by atoms with Crippen molar-refractivity contribution < 1.29 is 18.9 Å². The molecule has 0 atom stereocenters. The van der Waals surface area contributed by atoms with Gasteiger partial charge in [-0.2, -0.15) is 0 Å². The highest BCUT2D eigenvalue weighted by molar-refractivity contribution is 5.55. The molecule has 84 valence electrons. The topological polar surface area (TPSA) is 36.9 Å². The summed E-state index contributed by atoms with van der Waals surface area (Å²) in [6.45, 7) is 2.52. The molecule has 0 saturated carbocycles. The summed E-state index contributed by atoms with van der Waals surface area (Å²) in [4.78, 5) is 0. The largest absolute Gasteiger partial charge is 0.494 e. The smallest absolute Gasteiger partial charge is 0.203 e. The predicted octanol–water partition coefficient (Wildman–Crippen LogP) is 2.11. The number of methoxy groups -OCH3 is 3. The number of hydrogen-bond acceptors (Lipinski definition) is 4. The second-order valence-electron chi connectivity index (χ2n) is 2.79. The van der Waals surface area contributed by atoms with Crippen LogP contribution in [0, 0.1) is 0 Å². The lowest BCUT2D eigenvalue weighted by molar-refractivity contribution is 0.308. The van der Waals surface area contributed by atoms with Gasteiger partial charge in [0.25, 0.3) is 0 Å². The summed E-state index contributed by atoms with van der Waals surface area (Å²) in [5.74, 6) is 2.47. The molecule has 0 fully saturated rings. The second kappa shape index (κ2) is 5.34. The molecule has 0 N–H and O–H groups in total. The summed E-state index contributed by atoms with van der Waals surface area (Å²) in [6, 6.07) is 3.54. The highest BCUT2D eigenvalue weighted by atomic mass is 16.5. The molecule has 1 rings (SSSR count). The van der Waals surface area contributed by atoms with Gasteiger partial charge in [-0.3, -0.25) is 0 Å². The molecule has 4 nitrogen and oxygen atoms in total. The van der Waals surface area contributed by atoms with Gasteiger partial charge in [0.05, 0.1) is 27.9 Å². The van der Waals surface area contributed by atoms with E-state index in [2.05, 4.69) is 0 Å². The lowest BCUT2D eigenvalue weighted by Gasteiger charge is -2.13. The summed E-state index contributed by atoms with van der Waals surface area (Å²) in [7, 11) is 4.72. The predicted molar refractivity (Wildman–Crippen MR) is 57.3 cm³/mol. The Hall–Kier alpha value is -1.58. The van der Waals surface area contributed by atoms with E-state index in [9.17, 15) is 0 Å². The SMILES string of the molecule is CCOc1cc(OC)c(OC)c(OC)c1. The van der Waals surface area contributed by atoms with Crippen LogP contribution < -0.4 is 18.9 Å². The van der Waals surface area contributed by atoms with Gasteiger partial charge in [0.1, 0.15) is 5.75 Å². The van der Waals surface area contributed by atoms with E-state index in [1.54, 1.807) is 33.5 Å². The zero-order chi connectivity index (χ0) is 11.3. The van der Waals surface area contributed by atoms with Gasteiger partial charge in [0.2, 0.25) is 5.75 Å². The van der Waals surface area contributed by atoms with Crippen molar-refractivity contribution >= 4 is 0 Å². The van der Waals surface area contributed by atoms with E-state index in [1.807, 2.05) is 6.92 Å². The van der Waals surface area contributed by atoms with Crippen LogP contribution in [0.4, 0.5) is 0 Å². The van der Waals surface area contributed by atoms with Crippen LogP contribution in [0.25, 0.3) is 0 Å². The molecule has 0 aromatic heterocycles. The van der Waals surface area contributed by atoms with Crippen LogP contribution in [-0.2, 0) is 0 Å². The lowest BCUT2D eigenvalue weighted by Crippen LogP contribution is -1.97. The van der Waals surface area contributed by atoms with Crippen LogP contribution in [0.1, 0.15) is 6.92 Å². The highest BCUT2D eigenvalue weighted by Crippen LogP contribution is 2.40. The van der Waals surface area contributed by atoms with Crippen molar-refractivity contribution in [2.45, 2.75) is 6.92 Å². The maximum Gasteiger partial charge on any atom is 0.203 e. The van der Waals surface area contributed by atoms with Crippen molar-refractivity contribution in [1.82, 2.24) is 0 Å². The fourth-order valence-electron chi connectivity index (χ4n) is 1.31. The minimum atomic E-state index is 0.573. The quantitative estimate of drug-likeness (QED) is 0.749. The first-order valence-electron chi connectivity index (χ1n) is 4.69. The molecule has 1 aromatic rings. The van der Waals surface area contributed by atoms with E-state index >= 15 is 0 Å². The molecule has 0 bridgehead atoms. The average molecular weight is 212 g/mol. The maximum absolute atomic E-state index is 5.37. The van der Waals surface area contributed by atoms with Crippen LogP contribution in [0.3, 0.4) is 0 Å². The number of hydrogen-bond donors (Lipinski definition) is 0. The zero-order valence-electron chi connectivity index (χ0n) is 9.49. The van der Waals surface area contributed by atoms with Crippen LogP contribution in [0.2, 0.25) is 0 Å². The van der Waals surface area contributed by atoms with Crippen LogP contribution >= 0.6 is 0 Å². The Kier molecular flexibility index (Phi) is 4.09. The van der Waals surface area contributed by atoms with E-state index in [0.717, 1.165) is 0 Å². The Labute approximate surface area is 89.7 Å². The molecule has 0 saturated heterocycles. The molecule has 0 aliphatic carbocycles. The molecule has 0 spiro atoms. The first-order valence-corrected chi connectivity index (χ1v) is 4.69. The van der Waals surface area contributed by atoms with Crippen LogP contribution in [-0.4, -0.2) is 27.9 Å². The fourth-order valence-corrected chi connectivity index (χ4v) is 1.31. The van der Waals surface area contributed by atoms with E-state index in [4.69, 9.17) is 18.9 Å². The van der Waals surface area contributed by atoms with E-state index in [0.29, 0.717) is 29.6 Å². The van der Waals surface area contributed by atoms with Crippen molar-refractivity contribution in [3.8, 4) is 23.0 Å². The Balaban J connectivity index is 3.16. The zero-order valence-corrected chi connectivity index (χ0v) is 9.49. The van der Waals surface area contributed by atoms with Crippen molar-refractivity contribution in [2.75, 3.05) is 27.9 Å².